The lowest BCUT2D eigenvalue weighted by Gasteiger charge is -2.19. The lowest BCUT2D eigenvalue weighted by molar-refractivity contribution is 0.0600. The first-order valence-electron chi connectivity index (χ1n) is 9.29. The number of aryl methyl sites for hydroxylation is 1. The lowest BCUT2D eigenvalue weighted by atomic mass is 10.1. The van der Waals surface area contributed by atoms with E-state index in [9.17, 15) is 9.59 Å². The number of methoxy groups -OCH3 is 2. The average Bonchev–Trinajstić information content (AvgIpc) is 3.08. The van der Waals surface area contributed by atoms with E-state index in [2.05, 4.69) is 42.8 Å². The summed E-state index contributed by atoms with van der Waals surface area (Å²) < 4.78 is 12.8. The predicted molar refractivity (Wildman–Crippen MR) is 110 cm³/mol. The molecular weight excluding hydrogens is 376 g/mol. The van der Waals surface area contributed by atoms with E-state index in [1.54, 1.807) is 12.1 Å². The van der Waals surface area contributed by atoms with Gasteiger partial charge in [0.1, 0.15) is 10.4 Å². The van der Waals surface area contributed by atoms with Gasteiger partial charge in [0.15, 0.2) is 0 Å². The number of carbonyl (C=O) groups is 2. The van der Waals surface area contributed by atoms with Crippen molar-refractivity contribution in [3.63, 3.8) is 0 Å². The summed E-state index contributed by atoms with van der Waals surface area (Å²) in [6.07, 6.45) is 5.03. The minimum atomic E-state index is -0.512. The van der Waals surface area contributed by atoms with Gasteiger partial charge in [0.05, 0.1) is 25.3 Å². The Morgan fingerprint density at radius 3 is 2.50 bits per heavy atom. The molecule has 0 radical (unpaired) electrons. The molecule has 0 aliphatic carbocycles. The van der Waals surface area contributed by atoms with Gasteiger partial charge in [-0.2, -0.15) is 4.99 Å². The number of rotatable bonds is 6. The predicted octanol–water partition coefficient (Wildman–Crippen LogP) is 4.18. The summed E-state index contributed by atoms with van der Waals surface area (Å²) in [6, 6.07) is 4.61. The number of ether oxygens (including phenoxy) is 2. The van der Waals surface area contributed by atoms with Crippen LogP contribution in [-0.2, 0) is 16.7 Å². The zero-order chi connectivity index (χ0) is 20.9. The molecule has 0 aliphatic heterocycles. The van der Waals surface area contributed by atoms with Crippen molar-refractivity contribution < 1.29 is 19.1 Å². The molecule has 28 heavy (non-hydrogen) atoms. The maximum atomic E-state index is 12.9. The fourth-order valence-electron chi connectivity index (χ4n) is 2.61. The van der Waals surface area contributed by atoms with Crippen LogP contribution in [0, 0.1) is 0 Å². The number of carbonyl (C=O) groups excluding carboxylic acids is 2. The van der Waals surface area contributed by atoms with Crippen LogP contribution < -0.4 is 9.41 Å². The van der Waals surface area contributed by atoms with E-state index in [4.69, 9.17) is 9.47 Å². The zero-order valence-electron chi connectivity index (χ0n) is 17.4. The van der Waals surface area contributed by atoms with Crippen LogP contribution >= 0.6 is 11.5 Å². The van der Waals surface area contributed by atoms with Crippen LogP contribution in [0.4, 0.5) is 0 Å². The molecule has 0 N–H and O–H groups in total. The molecule has 0 saturated heterocycles. The molecule has 152 valence electrons. The van der Waals surface area contributed by atoms with Crippen LogP contribution in [0.15, 0.2) is 29.4 Å². The topological polar surface area (TPSA) is 69.9 Å². The van der Waals surface area contributed by atoms with Gasteiger partial charge in [-0.05, 0) is 63.3 Å². The number of hydrogen-bond acceptors (Lipinski definition) is 5. The summed E-state index contributed by atoms with van der Waals surface area (Å²) in [4.78, 5) is 29.1. The second kappa shape index (κ2) is 9.19. The van der Waals surface area contributed by atoms with Crippen molar-refractivity contribution in [2.75, 3.05) is 14.2 Å². The molecule has 0 atom stereocenters. The lowest BCUT2D eigenvalue weighted by Crippen LogP contribution is -2.18. The third-order valence-corrected chi connectivity index (χ3v) is 5.62. The Labute approximate surface area is 170 Å². The molecule has 1 aromatic carbocycles. The molecule has 6 nitrogen and oxygen atoms in total. The first-order valence-corrected chi connectivity index (χ1v) is 10.1. The molecule has 2 rings (SSSR count). The van der Waals surface area contributed by atoms with Gasteiger partial charge in [0.2, 0.25) is 0 Å². The SMILES string of the molecule is CCCCc1cn(C(C)(C)C)s/c1=N\C(=O)c1cc(C(=O)OC)ccc1OC. The molecule has 7 heteroatoms. The number of amides is 1. The maximum Gasteiger partial charge on any atom is 0.337 e. The van der Waals surface area contributed by atoms with Crippen LogP contribution in [0.2, 0.25) is 0 Å². The summed E-state index contributed by atoms with van der Waals surface area (Å²) in [5.74, 6) is -0.581. The zero-order valence-corrected chi connectivity index (χ0v) is 18.2. The van der Waals surface area contributed by atoms with E-state index in [0.29, 0.717) is 10.4 Å². The van der Waals surface area contributed by atoms with Crippen LogP contribution in [-0.4, -0.2) is 30.1 Å². The molecule has 0 fully saturated rings. The van der Waals surface area contributed by atoms with Crippen molar-refractivity contribution in [2.24, 2.45) is 4.99 Å². The third-order valence-electron chi connectivity index (χ3n) is 4.25. The van der Waals surface area contributed by atoms with Crippen LogP contribution in [0.25, 0.3) is 0 Å². The fourth-order valence-corrected chi connectivity index (χ4v) is 3.64. The minimum Gasteiger partial charge on any atom is -0.496 e. The Hall–Kier alpha value is -2.41. The van der Waals surface area contributed by atoms with E-state index >= 15 is 0 Å². The summed E-state index contributed by atoms with van der Waals surface area (Å²) in [5, 5.41) is 0. The summed E-state index contributed by atoms with van der Waals surface area (Å²) in [7, 11) is 2.78. The maximum absolute atomic E-state index is 12.9. The monoisotopic (exact) mass is 404 g/mol. The van der Waals surface area contributed by atoms with Gasteiger partial charge >= 0.3 is 5.97 Å². The molecule has 1 aromatic heterocycles. The Morgan fingerprint density at radius 1 is 1.21 bits per heavy atom. The van der Waals surface area contributed by atoms with Gasteiger partial charge < -0.3 is 9.47 Å². The number of nitrogens with zero attached hydrogens (tertiary/aromatic N) is 2. The highest BCUT2D eigenvalue weighted by Gasteiger charge is 2.19. The minimum absolute atomic E-state index is 0.0923. The number of hydrogen-bond donors (Lipinski definition) is 0. The van der Waals surface area contributed by atoms with Gasteiger partial charge in [-0.3, -0.25) is 8.75 Å². The normalized spacial score (nSPS) is 12.1. The van der Waals surface area contributed by atoms with Crippen molar-refractivity contribution in [3.05, 3.63) is 45.8 Å². The molecule has 0 unspecified atom stereocenters. The van der Waals surface area contributed by atoms with Gasteiger partial charge in [0, 0.05) is 17.3 Å². The molecule has 0 aliphatic rings. The summed E-state index contributed by atoms with van der Waals surface area (Å²) >= 11 is 1.47. The Morgan fingerprint density at radius 2 is 1.93 bits per heavy atom. The van der Waals surface area contributed by atoms with Gasteiger partial charge in [-0.25, -0.2) is 4.79 Å². The molecule has 0 bridgehead atoms. The van der Waals surface area contributed by atoms with Crippen molar-refractivity contribution in [3.8, 4) is 5.75 Å². The average molecular weight is 405 g/mol. The highest BCUT2D eigenvalue weighted by molar-refractivity contribution is 7.04. The van der Waals surface area contributed by atoms with Crippen LogP contribution in [0.5, 0.6) is 5.75 Å². The molecule has 0 saturated carbocycles. The van der Waals surface area contributed by atoms with Crippen molar-refractivity contribution in [1.82, 2.24) is 3.96 Å². The Bertz CT molecular complexity index is 919. The first-order chi connectivity index (χ1) is 13.2. The van der Waals surface area contributed by atoms with Crippen molar-refractivity contribution in [1.29, 1.82) is 0 Å². The Kier molecular flexibility index (Phi) is 7.18. The molecular formula is C21H28N2O4S. The second-order valence-corrected chi connectivity index (χ2v) is 8.44. The molecule has 2 aromatic rings. The summed E-state index contributed by atoms with van der Waals surface area (Å²) in [6.45, 7) is 8.47. The molecule has 1 amide bonds. The van der Waals surface area contributed by atoms with Crippen LogP contribution in [0.1, 0.15) is 66.8 Å². The first kappa shape index (κ1) is 21.9. The van der Waals surface area contributed by atoms with E-state index in [-0.39, 0.29) is 16.7 Å². The van der Waals surface area contributed by atoms with E-state index in [1.165, 1.54) is 31.8 Å². The van der Waals surface area contributed by atoms with Crippen LogP contribution in [0.3, 0.4) is 0 Å². The van der Waals surface area contributed by atoms with Gasteiger partial charge in [-0.15, -0.1) is 0 Å². The quantitative estimate of drug-likeness (QED) is 0.677. The fraction of sp³-hybridized carbons (Fsp3) is 0.476. The highest BCUT2D eigenvalue weighted by Crippen LogP contribution is 2.22. The van der Waals surface area contributed by atoms with E-state index in [1.807, 2.05) is 0 Å². The molecule has 0 spiro atoms. The number of esters is 1. The van der Waals surface area contributed by atoms with Gasteiger partial charge in [-0.1, -0.05) is 13.3 Å². The largest absolute Gasteiger partial charge is 0.496 e. The molecule has 1 heterocycles. The number of aromatic nitrogens is 1. The number of benzene rings is 1. The van der Waals surface area contributed by atoms with E-state index < -0.39 is 11.9 Å². The van der Waals surface area contributed by atoms with Crippen molar-refractivity contribution >= 4 is 23.4 Å². The number of unbranched alkanes of at least 4 members (excludes halogenated alkanes) is 1. The third kappa shape index (κ3) is 5.10. The standard InChI is InChI=1S/C21H28N2O4S/c1-7-8-9-15-13-23(21(2,3)4)28-19(15)22-18(24)16-12-14(20(25)27-6)10-11-17(16)26-5/h10-13H,7-9H2,1-6H3/b22-19-. The Balaban J connectivity index is 2.54. The summed E-state index contributed by atoms with van der Waals surface area (Å²) in [5.41, 5.74) is 1.48. The van der Waals surface area contributed by atoms with E-state index in [0.717, 1.165) is 24.8 Å². The second-order valence-electron chi connectivity index (χ2n) is 7.47. The smallest absolute Gasteiger partial charge is 0.337 e. The van der Waals surface area contributed by atoms with Crippen molar-refractivity contribution in [2.45, 2.75) is 52.5 Å². The highest BCUT2D eigenvalue weighted by atomic mass is 32.1. The van der Waals surface area contributed by atoms with Gasteiger partial charge in [0.25, 0.3) is 5.91 Å².